The maximum Gasteiger partial charge on any atom is 0.416 e. The van der Waals surface area contributed by atoms with Gasteiger partial charge in [0.25, 0.3) is 0 Å². The maximum absolute atomic E-state index is 12.3. The third kappa shape index (κ3) is 3.13. The Labute approximate surface area is 97.4 Å². The minimum Gasteiger partial charge on any atom is -0.465 e. The van der Waals surface area contributed by atoms with Gasteiger partial charge in [-0.3, -0.25) is 5.32 Å². The summed E-state index contributed by atoms with van der Waals surface area (Å²) < 4.78 is 37.0. The van der Waals surface area contributed by atoms with Crippen LogP contribution in [0.1, 0.15) is 11.1 Å². The number of rotatable bonds is 2. The van der Waals surface area contributed by atoms with Crippen molar-refractivity contribution < 1.29 is 23.1 Å². The van der Waals surface area contributed by atoms with Gasteiger partial charge in [-0.05, 0) is 23.8 Å². The summed E-state index contributed by atoms with van der Waals surface area (Å²) in [5.41, 5.74) is -0.438. The average molecular weight is 298 g/mol. The number of alkyl halides is 4. The van der Waals surface area contributed by atoms with E-state index in [4.69, 9.17) is 5.11 Å². The highest BCUT2D eigenvalue weighted by Crippen LogP contribution is 2.32. The molecule has 1 aromatic rings. The average Bonchev–Trinajstić information content (AvgIpc) is 2.15. The van der Waals surface area contributed by atoms with Crippen LogP contribution < -0.4 is 5.32 Å². The molecule has 2 N–H and O–H groups in total. The molecule has 7 heteroatoms. The molecule has 0 fully saturated rings. The second-order valence-corrected chi connectivity index (χ2v) is 3.49. The van der Waals surface area contributed by atoms with Crippen molar-refractivity contribution in [1.29, 1.82) is 0 Å². The molecule has 0 unspecified atom stereocenters. The van der Waals surface area contributed by atoms with Gasteiger partial charge in [0.1, 0.15) is 0 Å². The van der Waals surface area contributed by atoms with Gasteiger partial charge in [0.15, 0.2) is 0 Å². The van der Waals surface area contributed by atoms with Gasteiger partial charge in [0, 0.05) is 11.0 Å². The Morgan fingerprint density at radius 1 is 1.44 bits per heavy atom. The van der Waals surface area contributed by atoms with Crippen LogP contribution in [0.2, 0.25) is 0 Å². The van der Waals surface area contributed by atoms with Crippen LogP contribution in [0.15, 0.2) is 18.2 Å². The van der Waals surface area contributed by atoms with Crippen LogP contribution in [-0.4, -0.2) is 11.2 Å². The molecule has 0 radical (unpaired) electrons. The van der Waals surface area contributed by atoms with E-state index in [-0.39, 0.29) is 16.6 Å². The highest BCUT2D eigenvalue weighted by Gasteiger charge is 2.30. The van der Waals surface area contributed by atoms with E-state index in [1.54, 1.807) is 0 Å². The van der Waals surface area contributed by atoms with E-state index in [9.17, 15) is 18.0 Å². The number of halogens is 4. The van der Waals surface area contributed by atoms with Gasteiger partial charge in [0.05, 0.1) is 5.56 Å². The molecule has 0 heterocycles. The van der Waals surface area contributed by atoms with Crippen molar-refractivity contribution in [2.75, 3.05) is 5.32 Å². The Kier molecular flexibility index (Phi) is 3.79. The van der Waals surface area contributed by atoms with Crippen molar-refractivity contribution in [3.8, 4) is 0 Å². The zero-order valence-corrected chi connectivity index (χ0v) is 9.39. The number of benzene rings is 1. The summed E-state index contributed by atoms with van der Waals surface area (Å²) in [6.07, 6.45) is -5.75. The lowest BCUT2D eigenvalue weighted by Crippen LogP contribution is -2.11. The van der Waals surface area contributed by atoms with Gasteiger partial charge >= 0.3 is 12.3 Å². The molecule has 0 atom stereocenters. The normalized spacial score (nSPS) is 11.2. The van der Waals surface area contributed by atoms with Gasteiger partial charge in [-0.2, -0.15) is 13.2 Å². The monoisotopic (exact) mass is 297 g/mol. The van der Waals surface area contributed by atoms with Crippen LogP contribution in [0.5, 0.6) is 0 Å². The molecule has 0 aromatic heterocycles. The fraction of sp³-hybridized carbons (Fsp3) is 0.222. The molecule has 88 valence electrons. The Morgan fingerprint density at radius 2 is 2.06 bits per heavy atom. The van der Waals surface area contributed by atoms with Gasteiger partial charge in [-0.1, -0.05) is 15.9 Å². The highest BCUT2D eigenvalue weighted by atomic mass is 79.9. The molecule has 0 aliphatic carbocycles. The van der Waals surface area contributed by atoms with E-state index >= 15 is 0 Å². The van der Waals surface area contributed by atoms with E-state index in [2.05, 4.69) is 15.9 Å². The first-order valence-corrected chi connectivity index (χ1v) is 5.22. The highest BCUT2D eigenvalue weighted by molar-refractivity contribution is 9.08. The molecule has 0 saturated heterocycles. The molecule has 1 amide bonds. The number of amides is 1. The van der Waals surface area contributed by atoms with Gasteiger partial charge < -0.3 is 5.11 Å². The molecule has 16 heavy (non-hydrogen) atoms. The van der Waals surface area contributed by atoms with E-state index in [1.807, 2.05) is 5.32 Å². The van der Waals surface area contributed by atoms with Crippen molar-refractivity contribution in [1.82, 2.24) is 0 Å². The lowest BCUT2D eigenvalue weighted by atomic mass is 10.1. The smallest absolute Gasteiger partial charge is 0.416 e. The van der Waals surface area contributed by atoms with Crippen molar-refractivity contribution in [3.05, 3.63) is 29.3 Å². The molecule has 0 bridgehead atoms. The molecule has 0 aliphatic rings. The molecular formula is C9H7BrF3NO2. The lowest BCUT2D eigenvalue weighted by Gasteiger charge is -2.11. The molecule has 1 rings (SSSR count). The molecule has 3 nitrogen and oxygen atoms in total. The minimum atomic E-state index is -4.43. The zero-order valence-electron chi connectivity index (χ0n) is 7.81. The number of hydrogen-bond donors (Lipinski definition) is 2. The first kappa shape index (κ1) is 12.8. The molecule has 0 aliphatic heterocycles. The summed E-state index contributed by atoms with van der Waals surface area (Å²) in [4.78, 5) is 10.4. The van der Waals surface area contributed by atoms with Crippen LogP contribution in [0.25, 0.3) is 0 Å². The summed E-state index contributed by atoms with van der Waals surface area (Å²) in [7, 11) is 0. The summed E-state index contributed by atoms with van der Waals surface area (Å²) >= 11 is 3.00. The summed E-state index contributed by atoms with van der Waals surface area (Å²) in [5, 5.41) is 10.6. The van der Waals surface area contributed by atoms with E-state index in [0.717, 1.165) is 18.2 Å². The quantitative estimate of drug-likeness (QED) is 0.818. The molecular weight excluding hydrogens is 291 g/mol. The third-order valence-electron chi connectivity index (χ3n) is 1.82. The Morgan fingerprint density at radius 3 is 2.50 bits per heavy atom. The van der Waals surface area contributed by atoms with Gasteiger partial charge in [-0.25, -0.2) is 4.79 Å². The van der Waals surface area contributed by atoms with Crippen LogP contribution in [-0.2, 0) is 11.5 Å². The molecule has 1 aromatic carbocycles. The summed E-state index contributed by atoms with van der Waals surface area (Å²) in [5.74, 6) is 0. The maximum atomic E-state index is 12.3. The van der Waals surface area contributed by atoms with Crippen molar-refractivity contribution in [3.63, 3.8) is 0 Å². The largest absolute Gasteiger partial charge is 0.465 e. The Balaban J connectivity index is 3.11. The Hall–Kier alpha value is -1.24. The van der Waals surface area contributed by atoms with Crippen molar-refractivity contribution in [2.24, 2.45) is 0 Å². The topological polar surface area (TPSA) is 49.3 Å². The predicted octanol–water partition coefficient (Wildman–Crippen LogP) is 3.69. The summed E-state index contributed by atoms with van der Waals surface area (Å²) in [6.45, 7) is 0. The standard InChI is InChI=1S/C9H7BrF3NO2/c10-4-5-3-6(9(11,12)13)1-2-7(5)14-8(15)16/h1-3,14H,4H2,(H,15,16). The first-order chi connectivity index (χ1) is 7.34. The second kappa shape index (κ2) is 4.73. The fourth-order valence-corrected chi connectivity index (χ4v) is 1.58. The number of hydrogen-bond acceptors (Lipinski definition) is 1. The second-order valence-electron chi connectivity index (χ2n) is 2.93. The first-order valence-electron chi connectivity index (χ1n) is 4.10. The number of carboxylic acid groups (broad SMARTS) is 1. The fourth-order valence-electron chi connectivity index (χ4n) is 1.12. The van der Waals surface area contributed by atoms with E-state index < -0.39 is 17.8 Å². The number of nitrogens with one attached hydrogen (secondary N) is 1. The van der Waals surface area contributed by atoms with E-state index in [1.165, 1.54) is 0 Å². The Bertz CT molecular complexity index is 406. The van der Waals surface area contributed by atoms with Crippen molar-refractivity contribution in [2.45, 2.75) is 11.5 Å². The van der Waals surface area contributed by atoms with Crippen LogP contribution in [0.3, 0.4) is 0 Å². The predicted molar refractivity (Wildman–Crippen MR) is 55.7 cm³/mol. The minimum absolute atomic E-state index is 0.131. The van der Waals surface area contributed by atoms with Crippen LogP contribution in [0, 0.1) is 0 Å². The van der Waals surface area contributed by atoms with E-state index in [0.29, 0.717) is 0 Å². The van der Waals surface area contributed by atoms with Crippen molar-refractivity contribution >= 4 is 27.7 Å². The van der Waals surface area contributed by atoms with Crippen LogP contribution in [0.4, 0.5) is 23.7 Å². The summed E-state index contributed by atoms with van der Waals surface area (Å²) in [6, 6.07) is 2.82. The van der Waals surface area contributed by atoms with Gasteiger partial charge in [0.2, 0.25) is 0 Å². The molecule has 0 spiro atoms. The third-order valence-corrected chi connectivity index (χ3v) is 2.42. The van der Waals surface area contributed by atoms with Gasteiger partial charge in [-0.15, -0.1) is 0 Å². The lowest BCUT2D eigenvalue weighted by molar-refractivity contribution is -0.137. The zero-order chi connectivity index (χ0) is 12.3. The molecule has 0 saturated carbocycles. The van der Waals surface area contributed by atoms with Crippen LogP contribution >= 0.6 is 15.9 Å². The number of anilines is 1. The SMILES string of the molecule is O=C(O)Nc1ccc(C(F)(F)F)cc1CBr. The number of carbonyl (C=O) groups is 1.